The van der Waals surface area contributed by atoms with Gasteiger partial charge in [-0.1, -0.05) is 26.2 Å². The third-order valence-corrected chi connectivity index (χ3v) is 3.64. The van der Waals surface area contributed by atoms with Gasteiger partial charge in [-0.3, -0.25) is 0 Å². The first kappa shape index (κ1) is 11.7. The van der Waals surface area contributed by atoms with Crippen LogP contribution >= 0.6 is 0 Å². The lowest BCUT2D eigenvalue weighted by Crippen LogP contribution is -2.30. The van der Waals surface area contributed by atoms with E-state index in [4.69, 9.17) is 4.42 Å². The summed E-state index contributed by atoms with van der Waals surface area (Å²) in [5.74, 6) is 0.804. The molecule has 2 rings (SSSR count). The van der Waals surface area contributed by atoms with E-state index in [-0.39, 0.29) is 0 Å². The number of hydrogen-bond acceptors (Lipinski definition) is 2. The Bertz CT molecular complexity index is 275. The molecule has 2 nitrogen and oxygen atoms in total. The van der Waals surface area contributed by atoms with Crippen molar-refractivity contribution < 1.29 is 4.42 Å². The highest BCUT2D eigenvalue weighted by atomic mass is 16.3. The minimum absolute atomic E-state index is 0.513. The zero-order chi connectivity index (χ0) is 11.2. The van der Waals surface area contributed by atoms with E-state index in [1.165, 1.54) is 44.1 Å². The first-order valence-corrected chi connectivity index (χ1v) is 6.67. The fourth-order valence-corrected chi connectivity index (χ4v) is 2.78. The Hall–Kier alpha value is -0.760. The zero-order valence-electron chi connectivity index (χ0n) is 10.2. The van der Waals surface area contributed by atoms with E-state index in [0.717, 1.165) is 12.5 Å². The van der Waals surface area contributed by atoms with Gasteiger partial charge in [0.1, 0.15) is 0 Å². The van der Waals surface area contributed by atoms with Crippen molar-refractivity contribution in [3.05, 3.63) is 24.2 Å². The van der Waals surface area contributed by atoms with Crippen molar-refractivity contribution in [1.29, 1.82) is 0 Å². The van der Waals surface area contributed by atoms with Crippen LogP contribution in [0.1, 0.15) is 57.1 Å². The predicted molar refractivity (Wildman–Crippen MR) is 66.3 cm³/mol. The Kier molecular flexibility index (Phi) is 4.46. The summed E-state index contributed by atoms with van der Waals surface area (Å²) in [6.45, 7) is 3.33. The summed E-state index contributed by atoms with van der Waals surface area (Å²) in [4.78, 5) is 0. The van der Waals surface area contributed by atoms with Crippen LogP contribution in [0, 0.1) is 5.92 Å². The van der Waals surface area contributed by atoms with Gasteiger partial charge in [-0.25, -0.2) is 0 Å². The van der Waals surface area contributed by atoms with Crippen molar-refractivity contribution in [2.45, 2.75) is 51.5 Å². The molecule has 0 saturated heterocycles. The molecule has 1 aliphatic carbocycles. The van der Waals surface area contributed by atoms with Gasteiger partial charge in [-0.2, -0.15) is 0 Å². The molecule has 16 heavy (non-hydrogen) atoms. The highest BCUT2D eigenvalue weighted by molar-refractivity contribution is 5.13. The van der Waals surface area contributed by atoms with Crippen LogP contribution in [0.15, 0.2) is 23.0 Å². The SMILES string of the molecule is CCCNC(c1ccoc1)C1CCCCC1. The van der Waals surface area contributed by atoms with E-state index < -0.39 is 0 Å². The van der Waals surface area contributed by atoms with Gasteiger partial charge in [0.25, 0.3) is 0 Å². The molecule has 0 aromatic carbocycles. The first-order chi connectivity index (χ1) is 7.92. The molecule has 2 heteroatoms. The predicted octanol–water partition coefficient (Wildman–Crippen LogP) is 3.90. The number of nitrogens with one attached hydrogen (secondary N) is 1. The van der Waals surface area contributed by atoms with Crippen LogP contribution in [0.5, 0.6) is 0 Å². The summed E-state index contributed by atoms with van der Waals surface area (Å²) in [5.41, 5.74) is 1.33. The quantitative estimate of drug-likeness (QED) is 0.815. The molecule has 90 valence electrons. The molecule has 1 heterocycles. The molecule has 1 N–H and O–H groups in total. The molecule has 1 atom stereocenters. The van der Waals surface area contributed by atoms with Crippen molar-refractivity contribution in [2.75, 3.05) is 6.54 Å². The van der Waals surface area contributed by atoms with Crippen LogP contribution in [0.3, 0.4) is 0 Å². The third-order valence-electron chi connectivity index (χ3n) is 3.64. The topological polar surface area (TPSA) is 25.2 Å². The maximum absolute atomic E-state index is 5.23. The standard InChI is InChI=1S/C14H23NO/c1-2-9-15-14(13-8-10-16-11-13)12-6-4-3-5-7-12/h8,10-12,14-15H,2-7,9H2,1H3. The summed E-state index contributed by atoms with van der Waals surface area (Å²) in [7, 11) is 0. The molecule has 1 aromatic rings. The summed E-state index contributed by atoms with van der Waals surface area (Å²) < 4.78 is 5.23. The Balaban J connectivity index is 2.01. The Morgan fingerprint density at radius 1 is 1.38 bits per heavy atom. The van der Waals surface area contributed by atoms with Crippen molar-refractivity contribution >= 4 is 0 Å². The third kappa shape index (κ3) is 2.88. The summed E-state index contributed by atoms with van der Waals surface area (Å²) in [6, 6.07) is 2.63. The number of furan rings is 1. The zero-order valence-corrected chi connectivity index (χ0v) is 10.2. The molecule has 0 radical (unpaired) electrons. The van der Waals surface area contributed by atoms with Crippen LogP contribution in [-0.2, 0) is 0 Å². The summed E-state index contributed by atoms with van der Waals surface area (Å²) in [5, 5.41) is 3.68. The summed E-state index contributed by atoms with van der Waals surface area (Å²) >= 11 is 0. The highest BCUT2D eigenvalue weighted by Crippen LogP contribution is 2.34. The van der Waals surface area contributed by atoms with E-state index in [1.807, 2.05) is 6.26 Å². The van der Waals surface area contributed by atoms with Crippen LogP contribution in [0.2, 0.25) is 0 Å². The molecule has 1 aliphatic rings. The van der Waals surface area contributed by atoms with E-state index >= 15 is 0 Å². The molecular weight excluding hydrogens is 198 g/mol. The normalized spacial score (nSPS) is 19.8. The molecule has 1 unspecified atom stereocenters. The van der Waals surface area contributed by atoms with Gasteiger partial charge in [-0.05, 0) is 37.8 Å². The minimum Gasteiger partial charge on any atom is -0.472 e. The summed E-state index contributed by atoms with van der Waals surface area (Å²) in [6.07, 6.45) is 11.8. The second kappa shape index (κ2) is 6.09. The molecule has 0 amide bonds. The van der Waals surface area contributed by atoms with E-state index in [9.17, 15) is 0 Å². The van der Waals surface area contributed by atoms with Gasteiger partial charge >= 0.3 is 0 Å². The largest absolute Gasteiger partial charge is 0.472 e. The molecular formula is C14H23NO. The van der Waals surface area contributed by atoms with Crippen LogP contribution in [-0.4, -0.2) is 6.54 Å². The lowest BCUT2D eigenvalue weighted by Gasteiger charge is -2.30. The number of rotatable bonds is 5. The van der Waals surface area contributed by atoms with Gasteiger partial charge in [0.05, 0.1) is 12.5 Å². The average Bonchev–Trinajstić information content (AvgIpc) is 2.85. The first-order valence-electron chi connectivity index (χ1n) is 6.67. The Labute approximate surface area is 98.4 Å². The second-order valence-electron chi connectivity index (χ2n) is 4.89. The van der Waals surface area contributed by atoms with Crippen molar-refractivity contribution in [2.24, 2.45) is 5.92 Å². The lowest BCUT2D eigenvalue weighted by atomic mass is 9.81. The van der Waals surface area contributed by atoms with Gasteiger partial charge in [0.2, 0.25) is 0 Å². The van der Waals surface area contributed by atoms with E-state index in [0.29, 0.717) is 6.04 Å². The highest BCUT2D eigenvalue weighted by Gasteiger charge is 2.24. The van der Waals surface area contributed by atoms with Crippen molar-refractivity contribution in [1.82, 2.24) is 5.32 Å². The van der Waals surface area contributed by atoms with Crippen LogP contribution in [0.25, 0.3) is 0 Å². The van der Waals surface area contributed by atoms with Crippen LogP contribution in [0.4, 0.5) is 0 Å². The van der Waals surface area contributed by atoms with Crippen molar-refractivity contribution in [3.63, 3.8) is 0 Å². The fourth-order valence-electron chi connectivity index (χ4n) is 2.78. The molecule has 1 saturated carbocycles. The lowest BCUT2D eigenvalue weighted by molar-refractivity contribution is 0.271. The molecule has 1 aromatic heterocycles. The van der Waals surface area contributed by atoms with Gasteiger partial charge in [-0.15, -0.1) is 0 Å². The maximum atomic E-state index is 5.23. The molecule has 0 bridgehead atoms. The maximum Gasteiger partial charge on any atom is 0.0950 e. The molecule has 1 fully saturated rings. The monoisotopic (exact) mass is 221 g/mol. The van der Waals surface area contributed by atoms with Crippen LogP contribution < -0.4 is 5.32 Å². The molecule has 0 aliphatic heterocycles. The van der Waals surface area contributed by atoms with E-state index in [1.54, 1.807) is 6.26 Å². The van der Waals surface area contributed by atoms with Gasteiger partial charge < -0.3 is 9.73 Å². The van der Waals surface area contributed by atoms with Gasteiger partial charge in [0.15, 0.2) is 0 Å². The minimum atomic E-state index is 0.513. The molecule has 0 spiro atoms. The second-order valence-corrected chi connectivity index (χ2v) is 4.89. The fraction of sp³-hybridized carbons (Fsp3) is 0.714. The Morgan fingerprint density at radius 3 is 2.81 bits per heavy atom. The van der Waals surface area contributed by atoms with Crippen molar-refractivity contribution in [3.8, 4) is 0 Å². The van der Waals surface area contributed by atoms with Gasteiger partial charge in [0, 0.05) is 11.6 Å². The average molecular weight is 221 g/mol. The smallest absolute Gasteiger partial charge is 0.0950 e. The van der Waals surface area contributed by atoms with E-state index in [2.05, 4.69) is 18.3 Å². The number of hydrogen-bond donors (Lipinski definition) is 1. The Morgan fingerprint density at radius 2 is 2.19 bits per heavy atom.